The highest BCUT2D eigenvalue weighted by atomic mass is 16.6. The first-order valence-electron chi connectivity index (χ1n) is 19.5. The fourth-order valence-electron chi connectivity index (χ4n) is 4.44. The molecule has 0 aliphatic rings. The quantitative estimate of drug-likeness (QED) is 0.0935. The molecule has 0 aliphatic heterocycles. The number of hydrogen-bond acceptors (Lipinski definition) is 11. The minimum absolute atomic E-state index is 0.0208. The predicted molar refractivity (Wildman–Crippen MR) is 230 cm³/mol. The van der Waals surface area contributed by atoms with Gasteiger partial charge in [0, 0.05) is 5.69 Å². The Morgan fingerprint density at radius 2 is 1.08 bits per heavy atom. The molecular formula is C42H73N5O12. The van der Waals surface area contributed by atoms with Gasteiger partial charge in [0.05, 0.1) is 0 Å². The van der Waals surface area contributed by atoms with Gasteiger partial charge in [-0.2, -0.15) is 0 Å². The molecule has 0 saturated heterocycles. The topological polar surface area (TPSA) is 301 Å². The van der Waals surface area contributed by atoms with Gasteiger partial charge in [0.25, 0.3) is 0 Å². The van der Waals surface area contributed by atoms with Crippen LogP contribution in [0.1, 0.15) is 102 Å². The minimum Gasteiger partial charge on any atom is -0.480 e. The van der Waals surface area contributed by atoms with Gasteiger partial charge in [-0.15, -0.1) is 0 Å². The van der Waals surface area contributed by atoms with Crippen LogP contribution in [-0.2, 0) is 28.7 Å². The van der Waals surface area contributed by atoms with Crippen LogP contribution in [0.15, 0.2) is 42.5 Å². The number of anilines is 1. The van der Waals surface area contributed by atoms with E-state index < -0.39 is 65.7 Å². The Morgan fingerprint density at radius 1 is 0.627 bits per heavy atom. The predicted octanol–water partition coefficient (Wildman–Crippen LogP) is 5.94. The Bertz CT molecular complexity index is 1560. The lowest BCUT2D eigenvalue weighted by Gasteiger charge is -2.22. The van der Waals surface area contributed by atoms with Crippen LogP contribution >= 0.6 is 0 Å². The number of amides is 1. The second-order valence-corrected chi connectivity index (χ2v) is 16.4. The van der Waals surface area contributed by atoms with Crippen LogP contribution in [0, 0.1) is 23.7 Å². The van der Waals surface area contributed by atoms with Gasteiger partial charge in [-0.25, -0.2) is 9.59 Å². The monoisotopic (exact) mass is 840 g/mol. The normalized spacial score (nSPS) is 13.3. The van der Waals surface area contributed by atoms with Crippen molar-refractivity contribution in [1.29, 1.82) is 0 Å². The lowest BCUT2D eigenvalue weighted by atomic mass is 10.0. The number of nitrogens with two attached hydrogens (primary N) is 2. The highest BCUT2D eigenvalue weighted by Crippen LogP contribution is 2.19. The first-order chi connectivity index (χ1) is 26.9. The molecule has 17 nitrogen and oxygen atoms in total. The molecular weight excluding hydrogens is 766 g/mol. The largest absolute Gasteiger partial charge is 0.480 e. The molecule has 0 heterocycles. The number of alkyl carbamates (subject to hydrolysis) is 1. The summed E-state index contributed by atoms with van der Waals surface area (Å²) in [6, 6.07) is 10.5. The molecule has 17 heteroatoms. The Hall–Kier alpha value is -5.00. The zero-order chi connectivity index (χ0) is 46.8. The van der Waals surface area contributed by atoms with E-state index >= 15 is 0 Å². The van der Waals surface area contributed by atoms with Gasteiger partial charge in [0.1, 0.15) is 35.8 Å². The van der Waals surface area contributed by atoms with Gasteiger partial charge in [0.2, 0.25) is 0 Å². The molecule has 0 saturated carbocycles. The minimum atomic E-state index is -1.04. The van der Waals surface area contributed by atoms with Crippen molar-refractivity contribution in [3.05, 3.63) is 42.5 Å². The number of carbonyl (C=O) groups is 6. The summed E-state index contributed by atoms with van der Waals surface area (Å²) in [5.74, 6) is -3.51. The smallest absolute Gasteiger partial charge is 0.408 e. The molecule has 338 valence electrons. The molecule has 59 heavy (non-hydrogen) atoms. The molecule has 12 N–H and O–H groups in total. The first kappa shape index (κ1) is 58.3. The van der Waals surface area contributed by atoms with E-state index in [-0.39, 0.29) is 17.9 Å². The summed E-state index contributed by atoms with van der Waals surface area (Å²) in [4.78, 5) is 63.5. The van der Waals surface area contributed by atoms with Crippen LogP contribution < -0.4 is 27.4 Å². The summed E-state index contributed by atoms with van der Waals surface area (Å²) in [5.41, 5.74) is 10.6. The third kappa shape index (κ3) is 31.6. The number of aliphatic carboxylic acids is 5. The summed E-state index contributed by atoms with van der Waals surface area (Å²) in [5, 5.41) is 53.0. The number of rotatable bonds is 16. The van der Waals surface area contributed by atoms with Crippen LogP contribution in [0.3, 0.4) is 0 Å². The Kier molecular flexibility index (Phi) is 29.8. The SMILES string of the molecule is CC(C)C(N)C(=O)O.CC(C)CC(N)C(=O)O.CC(C)CC(NC(=O)OC(C)(C)C)C(=O)O.CC(Nc1ccc2ccccc2c1)C(=O)O.CNC(CC(C)C)C(=O)O. The zero-order valence-corrected chi connectivity index (χ0v) is 37.1. The fraction of sp³-hybridized carbons (Fsp3) is 0.619. The maximum atomic E-state index is 11.4. The Labute approximate surface area is 349 Å². The molecule has 2 aromatic carbocycles. The van der Waals surface area contributed by atoms with E-state index in [0.717, 1.165) is 16.5 Å². The lowest BCUT2D eigenvalue weighted by Crippen LogP contribution is -2.44. The number of hydrogen-bond donors (Lipinski definition) is 10. The number of carbonyl (C=O) groups excluding carboxylic acids is 1. The van der Waals surface area contributed by atoms with Crippen molar-refractivity contribution in [2.45, 2.75) is 138 Å². The van der Waals surface area contributed by atoms with Crippen LogP contribution in [0.4, 0.5) is 10.5 Å². The van der Waals surface area contributed by atoms with Crippen LogP contribution in [0.5, 0.6) is 0 Å². The number of fused-ring (bicyclic) bond motifs is 1. The Morgan fingerprint density at radius 3 is 1.39 bits per heavy atom. The van der Waals surface area contributed by atoms with Gasteiger partial charge in [-0.1, -0.05) is 85.7 Å². The third-order valence-electron chi connectivity index (χ3n) is 7.60. The van der Waals surface area contributed by atoms with E-state index in [4.69, 9.17) is 41.7 Å². The summed E-state index contributed by atoms with van der Waals surface area (Å²) in [6.07, 6.45) is 0.927. The second-order valence-electron chi connectivity index (χ2n) is 16.4. The Balaban J connectivity index is -0.000000686. The first-order valence-corrected chi connectivity index (χ1v) is 19.5. The van der Waals surface area contributed by atoms with Crippen molar-refractivity contribution in [2.24, 2.45) is 35.1 Å². The highest BCUT2D eigenvalue weighted by Gasteiger charge is 2.24. The maximum absolute atomic E-state index is 11.4. The molecule has 5 atom stereocenters. The molecule has 0 spiro atoms. The fourth-order valence-corrected chi connectivity index (χ4v) is 4.44. The van der Waals surface area contributed by atoms with Crippen molar-refractivity contribution in [1.82, 2.24) is 10.6 Å². The third-order valence-corrected chi connectivity index (χ3v) is 7.60. The van der Waals surface area contributed by atoms with Crippen molar-refractivity contribution in [2.75, 3.05) is 12.4 Å². The van der Waals surface area contributed by atoms with Crippen molar-refractivity contribution in [3.8, 4) is 0 Å². The van der Waals surface area contributed by atoms with Gasteiger partial charge >= 0.3 is 35.9 Å². The summed E-state index contributed by atoms with van der Waals surface area (Å²) in [7, 11) is 1.67. The van der Waals surface area contributed by atoms with E-state index in [0.29, 0.717) is 31.1 Å². The molecule has 5 unspecified atom stereocenters. The number of ether oxygens (including phenoxy) is 1. The molecule has 0 fully saturated rings. The summed E-state index contributed by atoms with van der Waals surface area (Å²) >= 11 is 0. The lowest BCUT2D eigenvalue weighted by molar-refractivity contribution is -0.140. The van der Waals surface area contributed by atoms with Crippen LogP contribution in [0.25, 0.3) is 10.8 Å². The number of carboxylic acid groups (broad SMARTS) is 5. The van der Waals surface area contributed by atoms with E-state index in [9.17, 15) is 28.8 Å². The van der Waals surface area contributed by atoms with Gasteiger partial charge < -0.3 is 57.7 Å². The number of nitrogens with one attached hydrogen (secondary N) is 3. The molecule has 2 rings (SSSR count). The van der Waals surface area contributed by atoms with Crippen molar-refractivity contribution in [3.63, 3.8) is 0 Å². The van der Waals surface area contributed by atoms with E-state index in [1.165, 1.54) is 0 Å². The van der Waals surface area contributed by atoms with E-state index in [1.807, 2.05) is 84.0 Å². The zero-order valence-electron chi connectivity index (χ0n) is 37.1. The van der Waals surface area contributed by atoms with Crippen LogP contribution in [-0.4, -0.2) is 104 Å². The molecule has 0 aromatic heterocycles. The van der Waals surface area contributed by atoms with E-state index in [2.05, 4.69) is 16.0 Å². The molecule has 2 aromatic rings. The summed E-state index contributed by atoms with van der Waals surface area (Å²) in [6.45, 7) is 22.1. The molecule has 0 radical (unpaired) electrons. The second kappa shape index (κ2) is 30.1. The average Bonchev–Trinajstić information content (AvgIpc) is 3.09. The molecule has 1 amide bonds. The van der Waals surface area contributed by atoms with Crippen LogP contribution in [0.2, 0.25) is 0 Å². The standard InChI is InChI=1S/C13H13NO2.C11H21NO4.C7H15NO2.C6H13NO2.C5H11NO2/c1-9(13(15)16)14-12-7-6-10-4-2-3-5-11(10)8-12;1-7(2)6-8(9(13)14)12-10(15)16-11(3,4)5;1-5(2)4-6(8-3)7(9)10;1-4(2)3-5(7)6(8)9;1-3(2)4(6)5(7)8/h2-9,14H,1H3,(H,15,16);7-8H,6H2,1-5H3,(H,12,15)(H,13,14);5-6,8H,4H2,1-3H3,(H,9,10);4-5H,3,7H2,1-2H3,(H,8,9);3-4H,6H2,1-2H3,(H,7,8). The van der Waals surface area contributed by atoms with E-state index in [1.54, 1.807) is 48.6 Å². The number of carboxylic acids is 5. The maximum Gasteiger partial charge on any atom is 0.408 e. The van der Waals surface area contributed by atoms with Gasteiger partial charge in [-0.05, 0) is 101 Å². The number of benzene rings is 2. The van der Waals surface area contributed by atoms with Gasteiger partial charge in [0.15, 0.2) is 0 Å². The van der Waals surface area contributed by atoms with Crippen molar-refractivity contribution < 1.29 is 59.0 Å². The van der Waals surface area contributed by atoms with Crippen molar-refractivity contribution >= 4 is 52.4 Å². The summed E-state index contributed by atoms with van der Waals surface area (Å²) < 4.78 is 4.99. The molecule has 0 bridgehead atoms. The average molecular weight is 840 g/mol. The van der Waals surface area contributed by atoms with Gasteiger partial charge in [-0.3, -0.25) is 19.2 Å². The molecule has 0 aliphatic carbocycles. The highest BCUT2D eigenvalue weighted by molar-refractivity contribution is 5.86. The number of likely N-dealkylation sites (N-methyl/N-ethyl adjacent to an activating group) is 1.